The lowest BCUT2D eigenvalue weighted by atomic mass is 10.0. The number of ether oxygens (including phenoxy) is 3. The van der Waals surface area contributed by atoms with E-state index in [-0.39, 0.29) is 31.1 Å². The molecule has 0 aliphatic carbocycles. The molecule has 0 spiro atoms. The number of hydrogen-bond donors (Lipinski definition) is 0. The van der Waals surface area contributed by atoms with Gasteiger partial charge < -0.3 is 14.2 Å². The van der Waals surface area contributed by atoms with Gasteiger partial charge in [-0.2, -0.15) is 0 Å². The molecular weight excluding hydrogens is 985 g/mol. The third kappa shape index (κ3) is 67.2. The summed E-state index contributed by atoms with van der Waals surface area (Å²) in [5, 5.41) is 0. The second-order valence-electron chi connectivity index (χ2n) is 25.6. The van der Waals surface area contributed by atoms with Crippen molar-refractivity contribution in [1.82, 2.24) is 0 Å². The van der Waals surface area contributed by atoms with Crippen molar-refractivity contribution in [2.45, 2.75) is 444 Å². The smallest absolute Gasteiger partial charge is 0.306 e. The molecule has 0 aliphatic heterocycles. The molecule has 0 bridgehead atoms. The molecule has 0 rings (SSSR count). The molecule has 1 unspecified atom stereocenters. The van der Waals surface area contributed by atoms with Crippen LogP contribution in [0.15, 0.2) is 0 Å². The molecule has 0 saturated carbocycles. The Labute approximate surface area is 501 Å². The van der Waals surface area contributed by atoms with Crippen LogP contribution in [0.25, 0.3) is 0 Å². The Bertz CT molecular complexity index is 1200. The van der Waals surface area contributed by atoms with Gasteiger partial charge in [0, 0.05) is 19.3 Å². The Morgan fingerprint density at radius 1 is 0.200 bits per heavy atom. The monoisotopic (exact) mass is 1130 g/mol. The van der Waals surface area contributed by atoms with Gasteiger partial charge >= 0.3 is 17.9 Å². The van der Waals surface area contributed by atoms with Crippen LogP contribution < -0.4 is 0 Å². The fourth-order valence-corrected chi connectivity index (χ4v) is 11.8. The predicted molar refractivity (Wildman–Crippen MR) is 349 cm³/mol. The van der Waals surface area contributed by atoms with Crippen LogP contribution in [0, 0.1) is 0 Å². The molecule has 6 nitrogen and oxygen atoms in total. The normalized spacial score (nSPS) is 11.9. The van der Waals surface area contributed by atoms with E-state index in [1.807, 2.05) is 0 Å². The van der Waals surface area contributed by atoms with Gasteiger partial charge in [-0.25, -0.2) is 0 Å². The van der Waals surface area contributed by atoms with E-state index >= 15 is 0 Å². The van der Waals surface area contributed by atoms with E-state index in [1.165, 1.54) is 340 Å². The Morgan fingerprint density at radius 2 is 0.338 bits per heavy atom. The van der Waals surface area contributed by atoms with Gasteiger partial charge in [-0.05, 0) is 19.3 Å². The van der Waals surface area contributed by atoms with Crippen LogP contribution in [0.5, 0.6) is 0 Å². The highest BCUT2D eigenvalue weighted by molar-refractivity contribution is 5.71. The second kappa shape index (κ2) is 69.9. The van der Waals surface area contributed by atoms with Gasteiger partial charge in [-0.1, -0.05) is 400 Å². The summed E-state index contributed by atoms with van der Waals surface area (Å²) >= 11 is 0. The fourth-order valence-electron chi connectivity index (χ4n) is 11.8. The maximum absolute atomic E-state index is 13.0. The molecule has 0 heterocycles. The van der Waals surface area contributed by atoms with Crippen LogP contribution in [0.4, 0.5) is 0 Å². The zero-order valence-corrected chi connectivity index (χ0v) is 54.9. The molecule has 0 fully saturated rings. The Morgan fingerprint density at radius 3 is 0.500 bits per heavy atom. The number of rotatable bonds is 70. The SMILES string of the molecule is CCCCCCCCCCCCCCCCCCCCCCCCCCCCC(=O)OCC(COC(=O)CCCCCCCCCCCCCCCC)OC(=O)CCCCCCCCCCCCCCCCCCCCCCCC. The standard InChI is InChI=1S/C74H144O6/c1-4-7-10-13-16-19-22-25-28-30-32-34-36-37-38-39-41-42-44-46-49-52-55-58-61-64-67-73(76)79-70-71(69-78-72(75)66-63-60-57-54-51-48-27-24-21-18-15-12-9-6-3)80-74(77)68-65-62-59-56-53-50-47-45-43-40-35-33-31-29-26-23-20-17-14-11-8-5-2/h71H,4-70H2,1-3H3. The van der Waals surface area contributed by atoms with Gasteiger partial charge in [-0.15, -0.1) is 0 Å². The van der Waals surface area contributed by atoms with Crippen LogP contribution >= 0.6 is 0 Å². The number of esters is 3. The van der Waals surface area contributed by atoms with Crippen molar-refractivity contribution in [2.75, 3.05) is 13.2 Å². The molecule has 0 saturated heterocycles. The molecule has 6 heteroatoms. The molecule has 0 amide bonds. The van der Waals surface area contributed by atoms with E-state index in [0.717, 1.165) is 57.8 Å². The summed E-state index contributed by atoms with van der Waals surface area (Å²) in [5.74, 6) is -0.817. The van der Waals surface area contributed by atoms with Gasteiger partial charge in [-0.3, -0.25) is 14.4 Å². The highest BCUT2D eigenvalue weighted by atomic mass is 16.6. The van der Waals surface area contributed by atoms with E-state index < -0.39 is 6.10 Å². The summed E-state index contributed by atoms with van der Waals surface area (Å²) < 4.78 is 17.0. The molecule has 0 N–H and O–H groups in total. The average molecular weight is 1130 g/mol. The number of hydrogen-bond acceptors (Lipinski definition) is 6. The average Bonchev–Trinajstić information content (AvgIpc) is 3.46. The number of unbranched alkanes of at least 4 members (excludes halogenated alkanes) is 59. The molecule has 80 heavy (non-hydrogen) atoms. The first-order valence-corrected chi connectivity index (χ1v) is 37.0. The van der Waals surface area contributed by atoms with Crippen molar-refractivity contribution in [3.63, 3.8) is 0 Å². The molecule has 0 aromatic heterocycles. The first kappa shape index (κ1) is 78.4. The largest absolute Gasteiger partial charge is 0.462 e. The third-order valence-electron chi connectivity index (χ3n) is 17.4. The Balaban J connectivity index is 4.18. The van der Waals surface area contributed by atoms with Gasteiger partial charge in [0.05, 0.1) is 0 Å². The van der Waals surface area contributed by atoms with Crippen molar-refractivity contribution < 1.29 is 28.6 Å². The lowest BCUT2D eigenvalue weighted by Crippen LogP contribution is -2.30. The van der Waals surface area contributed by atoms with E-state index in [9.17, 15) is 14.4 Å². The van der Waals surface area contributed by atoms with Gasteiger partial charge in [0.1, 0.15) is 13.2 Å². The molecule has 0 aromatic rings. The summed E-state index contributed by atoms with van der Waals surface area (Å²) in [6.07, 6.45) is 82.9. The first-order valence-electron chi connectivity index (χ1n) is 37.0. The topological polar surface area (TPSA) is 78.9 Å². The quantitative estimate of drug-likeness (QED) is 0.0343. The van der Waals surface area contributed by atoms with E-state index in [4.69, 9.17) is 14.2 Å². The van der Waals surface area contributed by atoms with Crippen LogP contribution in [0.3, 0.4) is 0 Å². The molecule has 0 radical (unpaired) electrons. The van der Waals surface area contributed by atoms with Crippen molar-refractivity contribution in [3.8, 4) is 0 Å². The number of carbonyl (C=O) groups excluding carboxylic acids is 3. The van der Waals surface area contributed by atoms with Crippen molar-refractivity contribution in [2.24, 2.45) is 0 Å². The minimum absolute atomic E-state index is 0.0600. The van der Waals surface area contributed by atoms with Crippen LogP contribution in [0.2, 0.25) is 0 Å². The van der Waals surface area contributed by atoms with Gasteiger partial charge in [0.15, 0.2) is 6.10 Å². The van der Waals surface area contributed by atoms with Crippen LogP contribution in [-0.2, 0) is 28.6 Å². The summed E-state index contributed by atoms with van der Waals surface area (Å²) in [6, 6.07) is 0. The Hall–Kier alpha value is -1.59. The fraction of sp³-hybridized carbons (Fsp3) is 0.959. The van der Waals surface area contributed by atoms with Crippen molar-refractivity contribution in [1.29, 1.82) is 0 Å². The number of carbonyl (C=O) groups is 3. The minimum Gasteiger partial charge on any atom is -0.462 e. The van der Waals surface area contributed by atoms with E-state index in [2.05, 4.69) is 20.8 Å². The van der Waals surface area contributed by atoms with Gasteiger partial charge in [0.2, 0.25) is 0 Å². The lowest BCUT2D eigenvalue weighted by Gasteiger charge is -2.18. The maximum Gasteiger partial charge on any atom is 0.306 e. The third-order valence-corrected chi connectivity index (χ3v) is 17.4. The molecule has 1 atom stereocenters. The summed E-state index contributed by atoms with van der Waals surface area (Å²) in [4.78, 5) is 38.5. The first-order chi connectivity index (χ1) is 39.5. The second-order valence-corrected chi connectivity index (χ2v) is 25.6. The van der Waals surface area contributed by atoms with E-state index in [1.54, 1.807) is 0 Å². The van der Waals surface area contributed by atoms with Crippen LogP contribution in [0.1, 0.15) is 438 Å². The van der Waals surface area contributed by atoms with Crippen LogP contribution in [-0.4, -0.2) is 37.2 Å². The minimum atomic E-state index is -0.764. The van der Waals surface area contributed by atoms with Crippen molar-refractivity contribution in [3.05, 3.63) is 0 Å². The lowest BCUT2D eigenvalue weighted by molar-refractivity contribution is -0.167. The Kier molecular flexibility index (Phi) is 68.5. The summed E-state index contributed by atoms with van der Waals surface area (Å²) in [6.45, 7) is 6.75. The highest BCUT2D eigenvalue weighted by Gasteiger charge is 2.20. The zero-order valence-electron chi connectivity index (χ0n) is 54.9. The molecule has 476 valence electrons. The summed E-state index contributed by atoms with van der Waals surface area (Å²) in [5.41, 5.74) is 0. The molecule has 0 aliphatic rings. The highest BCUT2D eigenvalue weighted by Crippen LogP contribution is 2.20. The zero-order chi connectivity index (χ0) is 57.8. The van der Waals surface area contributed by atoms with Gasteiger partial charge in [0.25, 0.3) is 0 Å². The molecular formula is C74H144O6. The van der Waals surface area contributed by atoms with Crippen molar-refractivity contribution >= 4 is 17.9 Å². The molecule has 0 aromatic carbocycles. The maximum atomic E-state index is 13.0. The predicted octanol–water partition coefficient (Wildman–Crippen LogP) is 25.4. The summed E-state index contributed by atoms with van der Waals surface area (Å²) in [7, 11) is 0. The van der Waals surface area contributed by atoms with E-state index in [0.29, 0.717) is 19.3 Å².